The molecule has 5 heterocycles. The number of halogens is 1. The molecule has 2 aromatic carbocycles. The molecule has 0 fully saturated rings. The monoisotopic (exact) mass is 545 g/mol. The highest BCUT2D eigenvalue weighted by Crippen LogP contribution is 2.35. The van der Waals surface area contributed by atoms with E-state index in [1.165, 1.54) is 6.07 Å². The molecule has 0 saturated heterocycles. The lowest BCUT2D eigenvalue weighted by molar-refractivity contribution is -0.115. The normalized spacial score (nSPS) is 11.3. The molecule has 7 aromatic rings. The van der Waals surface area contributed by atoms with Crippen molar-refractivity contribution in [3.8, 4) is 33.1 Å². The number of nitrogens with zero attached hydrogens (tertiary/aromatic N) is 4. The largest absolute Gasteiger partial charge is 0.324 e. The third-order valence-corrected chi connectivity index (χ3v) is 7.49. The Morgan fingerprint density at radius 2 is 1.90 bits per heavy atom. The molecule has 0 saturated carbocycles. The maximum atomic E-state index is 15.3. The number of nitrogens with one attached hydrogen (secondary N) is 3. The third-order valence-electron chi connectivity index (χ3n) is 6.58. The van der Waals surface area contributed by atoms with Crippen LogP contribution >= 0.6 is 11.3 Å². The first-order valence-electron chi connectivity index (χ1n) is 12.5. The van der Waals surface area contributed by atoms with Gasteiger partial charge in [-0.3, -0.25) is 14.9 Å². The van der Waals surface area contributed by atoms with Gasteiger partial charge in [0.1, 0.15) is 22.5 Å². The zero-order valence-electron chi connectivity index (χ0n) is 20.9. The first-order chi connectivity index (χ1) is 19.6. The van der Waals surface area contributed by atoms with Crippen LogP contribution in [-0.4, -0.2) is 36.0 Å². The van der Waals surface area contributed by atoms with E-state index < -0.39 is 5.82 Å². The van der Waals surface area contributed by atoms with Gasteiger partial charge < -0.3 is 10.3 Å². The van der Waals surface area contributed by atoms with E-state index >= 15 is 4.39 Å². The molecule has 194 valence electrons. The third kappa shape index (κ3) is 4.40. The second kappa shape index (κ2) is 9.83. The Hall–Kier alpha value is -5.22. The molecule has 7 rings (SSSR count). The van der Waals surface area contributed by atoms with Gasteiger partial charge in [0.15, 0.2) is 11.5 Å². The van der Waals surface area contributed by atoms with E-state index in [2.05, 4.69) is 30.5 Å². The fourth-order valence-electron chi connectivity index (χ4n) is 4.73. The minimum atomic E-state index is -0.460. The molecule has 3 N–H and O–H groups in total. The minimum Gasteiger partial charge on any atom is -0.324 e. The number of benzene rings is 2. The van der Waals surface area contributed by atoms with Crippen LogP contribution in [0.25, 0.3) is 55.2 Å². The fraction of sp³-hybridized carbons (Fsp3) is 0.0333. The van der Waals surface area contributed by atoms with Gasteiger partial charge in [0.2, 0.25) is 5.91 Å². The van der Waals surface area contributed by atoms with Crippen molar-refractivity contribution < 1.29 is 9.18 Å². The average molecular weight is 546 g/mol. The molecule has 5 aromatic heterocycles. The van der Waals surface area contributed by atoms with Gasteiger partial charge >= 0.3 is 0 Å². The number of fused-ring (bicyclic) bond motifs is 2. The lowest BCUT2D eigenvalue weighted by Gasteiger charge is -2.08. The summed E-state index contributed by atoms with van der Waals surface area (Å²) in [5, 5.41) is 12.6. The number of hydrogen-bond donors (Lipinski definition) is 3. The van der Waals surface area contributed by atoms with E-state index in [-0.39, 0.29) is 17.8 Å². The number of aromatic nitrogens is 6. The lowest BCUT2D eigenvalue weighted by atomic mass is 10.0. The summed E-state index contributed by atoms with van der Waals surface area (Å²) >= 11 is 1.62. The van der Waals surface area contributed by atoms with Gasteiger partial charge in [-0.15, -0.1) is 11.3 Å². The van der Waals surface area contributed by atoms with E-state index in [1.54, 1.807) is 36.0 Å². The summed E-state index contributed by atoms with van der Waals surface area (Å²) in [6.07, 6.45) is 5.17. The van der Waals surface area contributed by atoms with Crippen molar-refractivity contribution >= 4 is 45.0 Å². The van der Waals surface area contributed by atoms with E-state index in [1.807, 2.05) is 60.0 Å². The Labute approximate surface area is 231 Å². The highest BCUT2D eigenvalue weighted by molar-refractivity contribution is 7.13. The number of amides is 1. The Balaban J connectivity index is 1.24. The van der Waals surface area contributed by atoms with Crippen LogP contribution in [0.1, 0.15) is 5.56 Å². The molecular weight excluding hydrogens is 525 g/mol. The van der Waals surface area contributed by atoms with Gasteiger partial charge in [0, 0.05) is 33.8 Å². The summed E-state index contributed by atoms with van der Waals surface area (Å²) < 4.78 is 15.3. The van der Waals surface area contributed by atoms with Crippen molar-refractivity contribution in [2.75, 3.05) is 5.32 Å². The molecule has 0 radical (unpaired) electrons. The molecule has 0 spiro atoms. The number of rotatable bonds is 6. The van der Waals surface area contributed by atoms with Crippen LogP contribution in [0.5, 0.6) is 0 Å². The number of H-pyrrole nitrogens is 2. The second-order valence-electron chi connectivity index (χ2n) is 9.24. The van der Waals surface area contributed by atoms with Crippen LogP contribution in [-0.2, 0) is 11.2 Å². The SMILES string of the molecule is O=C(Cc1ccccc1)Nc1cncc(-c2cc(F)c3[nH]nc(-c4nc5c(-c6cccs6)ccnc5[nH]4)c3c2)c1. The first-order valence-corrected chi connectivity index (χ1v) is 13.4. The molecule has 0 aliphatic carbocycles. The van der Waals surface area contributed by atoms with Gasteiger partial charge in [-0.25, -0.2) is 14.4 Å². The van der Waals surface area contributed by atoms with E-state index in [9.17, 15) is 4.79 Å². The summed E-state index contributed by atoms with van der Waals surface area (Å²) in [4.78, 5) is 30.4. The summed E-state index contributed by atoms with van der Waals surface area (Å²) in [7, 11) is 0. The van der Waals surface area contributed by atoms with Crippen LogP contribution in [0.3, 0.4) is 0 Å². The van der Waals surface area contributed by atoms with Gasteiger partial charge in [-0.1, -0.05) is 36.4 Å². The highest BCUT2D eigenvalue weighted by atomic mass is 32.1. The van der Waals surface area contributed by atoms with Crippen molar-refractivity contribution in [3.05, 3.63) is 102 Å². The molecule has 1 amide bonds. The van der Waals surface area contributed by atoms with Gasteiger partial charge in [0.25, 0.3) is 0 Å². The van der Waals surface area contributed by atoms with Crippen molar-refractivity contribution in [3.63, 3.8) is 0 Å². The van der Waals surface area contributed by atoms with Crippen molar-refractivity contribution in [1.29, 1.82) is 0 Å². The molecule has 0 atom stereocenters. The second-order valence-corrected chi connectivity index (χ2v) is 10.2. The lowest BCUT2D eigenvalue weighted by Crippen LogP contribution is -2.14. The zero-order valence-corrected chi connectivity index (χ0v) is 21.7. The predicted octanol–water partition coefficient (Wildman–Crippen LogP) is 6.61. The summed E-state index contributed by atoms with van der Waals surface area (Å²) in [5.41, 5.74) is 5.73. The van der Waals surface area contributed by atoms with Crippen molar-refractivity contribution in [2.24, 2.45) is 0 Å². The average Bonchev–Trinajstić information content (AvgIpc) is 3.73. The number of aromatic amines is 2. The number of hydrogen-bond acceptors (Lipinski definition) is 6. The van der Waals surface area contributed by atoms with Crippen LogP contribution in [0.2, 0.25) is 0 Å². The predicted molar refractivity (Wildman–Crippen MR) is 154 cm³/mol. The Bertz CT molecular complexity index is 2000. The van der Waals surface area contributed by atoms with Crippen LogP contribution in [0, 0.1) is 5.82 Å². The fourth-order valence-corrected chi connectivity index (χ4v) is 5.48. The van der Waals surface area contributed by atoms with Gasteiger partial charge in [-0.05, 0) is 46.8 Å². The number of carbonyl (C=O) groups excluding carboxylic acids is 1. The van der Waals surface area contributed by atoms with E-state index in [0.29, 0.717) is 39.4 Å². The van der Waals surface area contributed by atoms with Gasteiger partial charge in [0.05, 0.1) is 18.3 Å². The number of pyridine rings is 2. The molecule has 0 aliphatic heterocycles. The maximum absolute atomic E-state index is 15.3. The molecule has 8 nitrogen and oxygen atoms in total. The quantitative estimate of drug-likeness (QED) is 0.218. The van der Waals surface area contributed by atoms with Crippen molar-refractivity contribution in [1.82, 2.24) is 30.1 Å². The van der Waals surface area contributed by atoms with Crippen LogP contribution < -0.4 is 5.32 Å². The molecular formula is C30H20FN7OS. The molecule has 40 heavy (non-hydrogen) atoms. The Morgan fingerprint density at radius 1 is 1.00 bits per heavy atom. The highest BCUT2D eigenvalue weighted by Gasteiger charge is 2.19. The van der Waals surface area contributed by atoms with Crippen LogP contribution in [0.15, 0.2) is 90.7 Å². The number of imidazole rings is 1. The van der Waals surface area contributed by atoms with E-state index in [4.69, 9.17) is 4.98 Å². The summed E-state index contributed by atoms with van der Waals surface area (Å²) in [6.45, 7) is 0. The molecule has 0 unspecified atom stereocenters. The maximum Gasteiger partial charge on any atom is 0.228 e. The number of carbonyl (C=O) groups is 1. The zero-order chi connectivity index (χ0) is 27.1. The molecule has 10 heteroatoms. The van der Waals surface area contributed by atoms with Crippen LogP contribution in [0.4, 0.5) is 10.1 Å². The van der Waals surface area contributed by atoms with Crippen molar-refractivity contribution in [2.45, 2.75) is 6.42 Å². The summed E-state index contributed by atoms with van der Waals surface area (Å²) in [6, 6.07) is 20.5. The first kappa shape index (κ1) is 23.9. The standard InChI is InChI=1S/C30H20FN7OS/c31-23-14-18(19-12-20(16-32-15-19)34-25(39)11-17-5-2-1-3-6-17)13-22-26(23)37-38-28(22)30-35-27-21(24-7-4-10-40-24)8-9-33-29(27)36-30/h1-10,12-16H,11H2,(H,34,39)(H,37,38)(H,33,35,36). The molecule has 0 bridgehead atoms. The number of anilines is 1. The smallest absolute Gasteiger partial charge is 0.228 e. The number of thiophene rings is 1. The van der Waals surface area contributed by atoms with E-state index in [0.717, 1.165) is 21.5 Å². The van der Waals surface area contributed by atoms with Gasteiger partial charge in [-0.2, -0.15) is 5.10 Å². The summed E-state index contributed by atoms with van der Waals surface area (Å²) in [5.74, 6) is -0.142. The Morgan fingerprint density at radius 3 is 2.75 bits per heavy atom. The Kier molecular flexibility index (Phi) is 5.86. The topological polar surface area (TPSA) is 112 Å². The molecule has 0 aliphatic rings. The minimum absolute atomic E-state index is 0.163.